The fourth-order valence-corrected chi connectivity index (χ4v) is 2.72. The first-order chi connectivity index (χ1) is 11.0. The molecular weight excluding hydrogens is 326 g/mol. The van der Waals surface area contributed by atoms with Crippen LogP contribution >= 0.6 is 0 Å². The van der Waals surface area contributed by atoms with Crippen LogP contribution in [0.25, 0.3) is 0 Å². The summed E-state index contributed by atoms with van der Waals surface area (Å²) in [5, 5.41) is 8.77. The third kappa shape index (κ3) is 3.14. The second-order valence-electron chi connectivity index (χ2n) is 6.33. The van der Waals surface area contributed by atoms with E-state index in [1.807, 2.05) is 6.07 Å². The molecule has 1 aromatic rings. The highest BCUT2D eigenvalue weighted by Crippen LogP contribution is 2.60. The number of hydrogen-bond acceptors (Lipinski definition) is 3. The Labute approximate surface area is 136 Å². The molecule has 2 unspecified atom stereocenters. The maximum Gasteiger partial charge on any atom is 0.431 e. The lowest BCUT2D eigenvalue weighted by Crippen LogP contribution is -2.26. The molecule has 0 N–H and O–H groups in total. The Hall–Kier alpha value is -2.36. The van der Waals surface area contributed by atoms with Crippen molar-refractivity contribution in [2.24, 2.45) is 17.3 Å². The molecule has 1 aliphatic carbocycles. The third-order valence-electron chi connectivity index (χ3n) is 4.26. The highest BCUT2D eigenvalue weighted by Gasteiger charge is 2.63. The molecule has 1 fully saturated rings. The zero-order valence-corrected chi connectivity index (χ0v) is 13.2. The SMILES string of the molecule is CC(C#N)=CC1C(C(=O)OC(F)(F)c2cccc(F)c2F)C1(C)C. The molecule has 1 aromatic carbocycles. The number of carbonyl (C=O) groups excluding carboxylic acids is 1. The smallest absolute Gasteiger partial charge is 0.397 e. The van der Waals surface area contributed by atoms with Crippen LogP contribution in [0.1, 0.15) is 26.3 Å². The first-order valence-electron chi connectivity index (χ1n) is 7.16. The second-order valence-corrected chi connectivity index (χ2v) is 6.33. The molecule has 0 radical (unpaired) electrons. The molecule has 1 saturated carbocycles. The van der Waals surface area contributed by atoms with Gasteiger partial charge in [-0.3, -0.25) is 4.79 Å². The number of hydrogen-bond donors (Lipinski definition) is 0. The molecule has 7 heteroatoms. The average molecular weight is 341 g/mol. The van der Waals surface area contributed by atoms with E-state index < -0.39 is 46.5 Å². The summed E-state index contributed by atoms with van der Waals surface area (Å²) in [4.78, 5) is 12.1. The summed E-state index contributed by atoms with van der Waals surface area (Å²) in [7, 11) is 0. The minimum atomic E-state index is -4.29. The Morgan fingerprint density at radius 1 is 1.38 bits per heavy atom. The second kappa shape index (κ2) is 5.93. The fourth-order valence-electron chi connectivity index (χ4n) is 2.72. The molecule has 2 rings (SSSR count). The molecule has 2 atom stereocenters. The Morgan fingerprint density at radius 3 is 2.58 bits per heavy atom. The average Bonchev–Trinajstić information content (AvgIpc) is 3.01. The summed E-state index contributed by atoms with van der Waals surface area (Å²) < 4.78 is 58.8. The monoisotopic (exact) mass is 341 g/mol. The molecule has 0 bridgehead atoms. The molecule has 0 aromatic heterocycles. The predicted octanol–water partition coefficient (Wildman–Crippen LogP) is 4.30. The number of benzene rings is 1. The van der Waals surface area contributed by atoms with Crippen molar-refractivity contribution >= 4 is 5.97 Å². The van der Waals surface area contributed by atoms with Crippen LogP contribution in [0.15, 0.2) is 29.8 Å². The van der Waals surface area contributed by atoms with Gasteiger partial charge >= 0.3 is 12.1 Å². The number of nitriles is 1. The van der Waals surface area contributed by atoms with Crippen molar-refractivity contribution in [1.82, 2.24) is 0 Å². The van der Waals surface area contributed by atoms with Gasteiger partial charge in [0.1, 0.15) is 5.56 Å². The summed E-state index contributed by atoms with van der Waals surface area (Å²) >= 11 is 0. The topological polar surface area (TPSA) is 50.1 Å². The number of carbonyl (C=O) groups is 1. The lowest BCUT2D eigenvalue weighted by molar-refractivity contribution is -0.243. The van der Waals surface area contributed by atoms with E-state index in [-0.39, 0.29) is 0 Å². The summed E-state index contributed by atoms with van der Waals surface area (Å²) in [5.41, 5.74) is -1.65. The highest BCUT2D eigenvalue weighted by molar-refractivity contribution is 5.78. The van der Waals surface area contributed by atoms with Crippen molar-refractivity contribution in [2.45, 2.75) is 26.9 Å². The van der Waals surface area contributed by atoms with Crippen molar-refractivity contribution in [1.29, 1.82) is 5.26 Å². The zero-order valence-electron chi connectivity index (χ0n) is 13.2. The van der Waals surface area contributed by atoms with Crippen LogP contribution < -0.4 is 0 Å². The van der Waals surface area contributed by atoms with Gasteiger partial charge in [0.15, 0.2) is 11.6 Å². The van der Waals surface area contributed by atoms with Gasteiger partial charge in [0.25, 0.3) is 0 Å². The van der Waals surface area contributed by atoms with Crippen LogP contribution in [0, 0.1) is 40.2 Å². The largest absolute Gasteiger partial charge is 0.431 e. The fraction of sp³-hybridized carbons (Fsp3) is 0.412. The highest BCUT2D eigenvalue weighted by atomic mass is 19.3. The van der Waals surface area contributed by atoms with Crippen molar-refractivity contribution in [3.05, 3.63) is 47.0 Å². The van der Waals surface area contributed by atoms with Crippen LogP contribution in [0.4, 0.5) is 17.6 Å². The number of halogens is 4. The van der Waals surface area contributed by atoms with Gasteiger partial charge in [0.2, 0.25) is 0 Å². The molecular formula is C17H15F4NO2. The third-order valence-corrected chi connectivity index (χ3v) is 4.26. The van der Waals surface area contributed by atoms with Crippen molar-refractivity contribution in [3.63, 3.8) is 0 Å². The van der Waals surface area contributed by atoms with Crippen LogP contribution in [0.5, 0.6) is 0 Å². The normalized spacial score (nSPS) is 22.7. The van der Waals surface area contributed by atoms with E-state index in [9.17, 15) is 22.4 Å². The standard InChI is InChI=1S/C17H15F4NO2/c1-9(8-22)7-11-13(16(11,2)3)15(23)24-17(20,21)10-5-4-6-12(18)14(10)19/h4-7,11,13H,1-3H3. The van der Waals surface area contributed by atoms with Gasteiger partial charge in [-0.2, -0.15) is 14.0 Å². The number of alkyl halides is 2. The van der Waals surface area contributed by atoms with Crippen molar-refractivity contribution in [2.75, 3.05) is 0 Å². The van der Waals surface area contributed by atoms with Crippen LogP contribution in [-0.4, -0.2) is 5.97 Å². The molecule has 3 nitrogen and oxygen atoms in total. The van der Waals surface area contributed by atoms with Gasteiger partial charge in [0.05, 0.1) is 12.0 Å². The minimum absolute atomic E-state index is 0.353. The van der Waals surface area contributed by atoms with E-state index in [1.54, 1.807) is 13.8 Å². The quantitative estimate of drug-likeness (QED) is 0.466. The first kappa shape index (κ1) is 18.0. The van der Waals surface area contributed by atoms with E-state index in [1.165, 1.54) is 13.0 Å². The van der Waals surface area contributed by atoms with Gasteiger partial charge in [-0.1, -0.05) is 26.0 Å². The van der Waals surface area contributed by atoms with Crippen LogP contribution in [0.2, 0.25) is 0 Å². The maximum atomic E-state index is 14.0. The first-order valence-corrected chi connectivity index (χ1v) is 7.16. The zero-order chi connectivity index (χ0) is 18.3. The molecule has 0 spiro atoms. The predicted molar refractivity (Wildman–Crippen MR) is 76.5 cm³/mol. The molecule has 1 aliphatic rings. The van der Waals surface area contributed by atoms with Crippen molar-refractivity contribution < 1.29 is 27.1 Å². The Balaban J connectivity index is 2.21. The Morgan fingerprint density at radius 2 is 2.00 bits per heavy atom. The van der Waals surface area contributed by atoms with Gasteiger partial charge in [-0.25, -0.2) is 8.78 Å². The molecule has 0 aliphatic heterocycles. The molecule has 0 heterocycles. The Bertz CT molecular complexity index is 749. The van der Waals surface area contributed by atoms with E-state index in [2.05, 4.69) is 4.74 Å². The number of ether oxygens (including phenoxy) is 1. The molecule has 128 valence electrons. The van der Waals surface area contributed by atoms with E-state index in [0.29, 0.717) is 17.7 Å². The number of rotatable bonds is 4. The van der Waals surface area contributed by atoms with E-state index in [0.717, 1.165) is 6.07 Å². The van der Waals surface area contributed by atoms with E-state index >= 15 is 0 Å². The molecule has 0 amide bonds. The van der Waals surface area contributed by atoms with Crippen molar-refractivity contribution in [3.8, 4) is 6.07 Å². The maximum absolute atomic E-state index is 14.0. The number of allylic oxidation sites excluding steroid dienone is 2. The number of esters is 1. The Kier molecular flexibility index (Phi) is 4.44. The minimum Gasteiger partial charge on any atom is -0.397 e. The van der Waals surface area contributed by atoms with Crippen LogP contribution in [0.3, 0.4) is 0 Å². The summed E-state index contributed by atoms with van der Waals surface area (Å²) in [6, 6.07) is 4.13. The molecule has 0 saturated heterocycles. The van der Waals surface area contributed by atoms with Gasteiger partial charge in [-0.05, 0) is 30.4 Å². The van der Waals surface area contributed by atoms with Crippen LogP contribution in [-0.2, 0) is 15.6 Å². The number of nitrogens with zero attached hydrogens (tertiary/aromatic N) is 1. The van der Waals surface area contributed by atoms with E-state index in [4.69, 9.17) is 5.26 Å². The summed E-state index contributed by atoms with van der Waals surface area (Å²) in [6.45, 7) is 4.88. The van der Waals surface area contributed by atoms with Gasteiger partial charge in [-0.15, -0.1) is 0 Å². The lowest BCUT2D eigenvalue weighted by Gasteiger charge is -2.18. The molecule has 24 heavy (non-hydrogen) atoms. The van der Waals surface area contributed by atoms with Gasteiger partial charge in [0, 0.05) is 5.57 Å². The lowest BCUT2D eigenvalue weighted by atomic mass is 10.1. The summed E-state index contributed by atoms with van der Waals surface area (Å²) in [5.74, 6) is -5.76. The van der Waals surface area contributed by atoms with Gasteiger partial charge < -0.3 is 4.74 Å². The summed E-state index contributed by atoms with van der Waals surface area (Å²) in [6.07, 6.45) is -2.77.